The van der Waals surface area contributed by atoms with E-state index < -0.39 is 38.6 Å². The summed E-state index contributed by atoms with van der Waals surface area (Å²) in [5.41, 5.74) is 0. The summed E-state index contributed by atoms with van der Waals surface area (Å²) in [7, 11) is -4.74. The number of phosphoric ester groups is 1. The van der Waals surface area contributed by atoms with Crippen LogP contribution >= 0.6 is 7.82 Å². The summed E-state index contributed by atoms with van der Waals surface area (Å²) >= 11 is 0. The van der Waals surface area contributed by atoms with Gasteiger partial charge in [-0.3, -0.25) is 14.1 Å². The van der Waals surface area contributed by atoms with Gasteiger partial charge in [-0.05, 0) is 12.8 Å². The molecule has 0 saturated carbocycles. The fourth-order valence-electron chi connectivity index (χ4n) is 5.43. The zero-order valence-electron chi connectivity index (χ0n) is 31.9. The number of aliphatic hydroxyl groups is 3. The number of carbonyl (C=O) groups is 2. The molecule has 0 saturated heterocycles. The molecule has 0 aromatic rings. The van der Waals surface area contributed by atoms with Crippen molar-refractivity contribution >= 4 is 19.8 Å². The van der Waals surface area contributed by atoms with Gasteiger partial charge in [0.2, 0.25) is 0 Å². The average Bonchev–Trinajstić information content (AvgIpc) is 3.09. The number of hydrogen-bond acceptors (Lipinski definition) is 9. The van der Waals surface area contributed by atoms with E-state index in [0.29, 0.717) is 6.42 Å². The van der Waals surface area contributed by atoms with E-state index in [1.54, 1.807) is 0 Å². The van der Waals surface area contributed by atoms with Gasteiger partial charge in [0.15, 0.2) is 6.10 Å². The van der Waals surface area contributed by atoms with Gasteiger partial charge < -0.3 is 34.6 Å². The molecular formula is C38H77O11P. The molecule has 0 amide bonds. The molecule has 0 aromatic heterocycles. The zero-order chi connectivity index (χ0) is 37.6. The Morgan fingerprint density at radius 2 is 0.840 bits per heavy atom. The summed E-state index contributed by atoms with van der Waals surface area (Å²) in [5.74, 6) is -0.873. The lowest BCUT2D eigenvalue weighted by Crippen LogP contribution is -2.29. The smallest absolute Gasteiger partial charge is 0.462 e. The summed E-state index contributed by atoms with van der Waals surface area (Å²) in [6.07, 6.45) is 30.1. The lowest BCUT2D eigenvalue weighted by molar-refractivity contribution is -0.161. The highest BCUT2D eigenvalue weighted by molar-refractivity contribution is 7.46. The molecule has 0 rings (SSSR count). The van der Waals surface area contributed by atoms with Crippen LogP contribution in [0.4, 0.5) is 0 Å². The van der Waals surface area contributed by atoms with Crippen LogP contribution in [-0.2, 0) is 28.2 Å². The van der Waals surface area contributed by atoms with Crippen molar-refractivity contribution < 1.29 is 53.3 Å². The molecule has 0 bridgehead atoms. The second-order valence-electron chi connectivity index (χ2n) is 13.6. The first-order valence-corrected chi connectivity index (χ1v) is 21.6. The van der Waals surface area contributed by atoms with Crippen LogP contribution in [0.3, 0.4) is 0 Å². The second-order valence-corrected chi connectivity index (χ2v) is 14.8. The van der Waals surface area contributed by atoms with Crippen LogP contribution in [0.15, 0.2) is 0 Å². The zero-order valence-corrected chi connectivity index (χ0v) is 32.8. The molecule has 0 spiro atoms. The lowest BCUT2D eigenvalue weighted by atomic mass is 10.0. The Balaban J connectivity index is 0. The highest BCUT2D eigenvalue weighted by atomic mass is 31.2. The summed E-state index contributed by atoms with van der Waals surface area (Å²) in [5, 5.41) is 24.0. The van der Waals surface area contributed by atoms with Crippen molar-refractivity contribution in [3.63, 3.8) is 0 Å². The van der Waals surface area contributed by atoms with Crippen molar-refractivity contribution in [1.82, 2.24) is 0 Å². The maximum atomic E-state index is 12.3. The summed E-state index contributed by atoms with van der Waals surface area (Å²) in [6.45, 7) is 2.95. The molecule has 0 aromatic carbocycles. The number of unbranched alkanes of at least 4 members (excludes halogenated alkanes) is 24. The van der Waals surface area contributed by atoms with Crippen molar-refractivity contribution in [1.29, 1.82) is 0 Å². The minimum absolute atomic E-state index is 0.219. The van der Waals surface area contributed by atoms with Crippen molar-refractivity contribution in [2.75, 3.05) is 26.4 Å². The topological polar surface area (TPSA) is 180 Å². The average molecular weight is 741 g/mol. The van der Waals surface area contributed by atoms with E-state index in [1.807, 2.05) is 0 Å². The molecule has 5 N–H and O–H groups in total. The molecule has 12 heteroatoms. The van der Waals surface area contributed by atoms with Gasteiger partial charge in [0, 0.05) is 12.8 Å². The van der Waals surface area contributed by atoms with Crippen molar-refractivity contribution in [3.8, 4) is 0 Å². The Morgan fingerprint density at radius 3 is 1.14 bits per heavy atom. The molecule has 0 fully saturated rings. The standard InChI is InChI=1S/C35H69O8P.C3H8O3/c1-3-5-7-9-11-13-15-17-19-21-23-25-27-29-34(36)41-31-33(32-42-44(38,39)40)43-35(37)30-28-26-24-22-20-18-16-14-12-10-8-6-4-2;4-1-3(6)2-5/h33H,3-32H2,1-2H3,(H2,38,39,40);3-6H,1-2H2. The molecule has 11 nitrogen and oxygen atoms in total. The Kier molecular flexibility index (Phi) is 40.0. The predicted octanol–water partition coefficient (Wildman–Crippen LogP) is 8.85. The van der Waals surface area contributed by atoms with E-state index in [2.05, 4.69) is 18.4 Å². The second kappa shape index (κ2) is 39.1. The van der Waals surface area contributed by atoms with Crippen LogP contribution in [0, 0.1) is 0 Å². The largest absolute Gasteiger partial charge is 0.469 e. The maximum Gasteiger partial charge on any atom is 0.469 e. The predicted molar refractivity (Wildman–Crippen MR) is 200 cm³/mol. The number of phosphoric acid groups is 1. The Morgan fingerprint density at radius 1 is 0.520 bits per heavy atom. The summed E-state index contributed by atoms with van der Waals surface area (Å²) < 4.78 is 26.3. The van der Waals surface area contributed by atoms with Gasteiger partial charge in [-0.2, -0.15) is 0 Å². The van der Waals surface area contributed by atoms with Crippen LogP contribution in [0.25, 0.3) is 0 Å². The highest BCUT2D eigenvalue weighted by Gasteiger charge is 2.22. The molecule has 0 aliphatic rings. The first kappa shape index (κ1) is 51.0. The van der Waals surface area contributed by atoms with E-state index in [0.717, 1.165) is 32.1 Å². The van der Waals surface area contributed by atoms with Gasteiger partial charge in [0.05, 0.1) is 19.8 Å². The first-order chi connectivity index (χ1) is 24.1. The Labute approximate surface area is 304 Å². The van der Waals surface area contributed by atoms with Crippen LogP contribution in [0.5, 0.6) is 0 Å². The molecule has 50 heavy (non-hydrogen) atoms. The fraction of sp³-hybridized carbons (Fsp3) is 0.947. The van der Waals surface area contributed by atoms with Crippen molar-refractivity contribution in [3.05, 3.63) is 0 Å². The quantitative estimate of drug-likeness (QED) is 0.0235. The minimum atomic E-state index is -4.74. The number of esters is 2. The van der Waals surface area contributed by atoms with Crippen LogP contribution in [0.2, 0.25) is 0 Å². The molecular weight excluding hydrogens is 663 g/mol. The van der Waals surface area contributed by atoms with Gasteiger partial charge in [-0.15, -0.1) is 0 Å². The summed E-state index contributed by atoms with van der Waals surface area (Å²) in [4.78, 5) is 42.6. The van der Waals surface area contributed by atoms with Crippen LogP contribution < -0.4 is 0 Å². The lowest BCUT2D eigenvalue weighted by Gasteiger charge is -2.18. The van der Waals surface area contributed by atoms with Crippen molar-refractivity contribution in [2.24, 2.45) is 0 Å². The van der Waals surface area contributed by atoms with Gasteiger partial charge in [0.25, 0.3) is 0 Å². The SMILES string of the molecule is CCCCCCCCCCCCCCCC(=O)OCC(COP(=O)(O)O)OC(=O)CCCCCCCCCCCCCCC.OCC(O)CO. The van der Waals surface area contributed by atoms with E-state index in [-0.39, 0.29) is 32.7 Å². The first-order valence-electron chi connectivity index (χ1n) is 20.0. The monoisotopic (exact) mass is 741 g/mol. The fourth-order valence-corrected chi connectivity index (χ4v) is 5.79. The highest BCUT2D eigenvalue weighted by Crippen LogP contribution is 2.36. The summed E-state index contributed by atoms with van der Waals surface area (Å²) in [6, 6.07) is 0. The van der Waals surface area contributed by atoms with E-state index >= 15 is 0 Å². The van der Waals surface area contributed by atoms with E-state index in [4.69, 9.17) is 34.6 Å². The number of hydrogen-bond donors (Lipinski definition) is 5. The molecule has 0 aliphatic carbocycles. The number of aliphatic hydroxyl groups excluding tert-OH is 3. The third-order valence-electron chi connectivity index (χ3n) is 8.55. The third-order valence-corrected chi connectivity index (χ3v) is 9.03. The molecule has 0 aliphatic heterocycles. The van der Waals surface area contributed by atoms with Gasteiger partial charge in [-0.1, -0.05) is 168 Å². The minimum Gasteiger partial charge on any atom is -0.462 e. The number of carbonyl (C=O) groups excluding carboxylic acids is 2. The van der Waals surface area contributed by atoms with Crippen LogP contribution in [-0.4, -0.2) is 75.7 Å². The van der Waals surface area contributed by atoms with Gasteiger partial charge in [-0.25, -0.2) is 4.57 Å². The molecule has 1 unspecified atom stereocenters. The van der Waals surface area contributed by atoms with Crippen LogP contribution in [0.1, 0.15) is 194 Å². The van der Waals surface area contributed by atoms with Gasteiger partial charge >= 0.3 is 19.8 Å². The molecule has 0 heterocycles. The van der Waals surface area contributed by atoms with E-state index in [1.165, 1.54) is 128 Å². The number of rotatable bonds is 36. The van der Waals surface area contributed by atoms with E-state index in [9.17, 15) is 14.2 Å². The molecule has 1 atom stereocenters. The molecule has 0 radical (unpaired) electrons. The Bertz CT molecular complexity index is 774. The Hall–Kier alpha value is -1.07. The molecule has 300 valence electrons. The van der Waals surface area contributed by atoms with Crippen molar-refractivity contribution in [2.45, 2.75) is 206 Å². The number of ether oxygens (including phenoxy) is 2. The third kappa shape index (κ3) is 43.1. The van der Waals surface area contributed by atoms with Gasteiger partial charge in [0.1, 0.15) is 12.7 Å². The normalized spacial score (nSPS) is 12.1. The maximum absolute atomic E-state index is 12.3.